The highest BCUT2D eigenvalue weighted by molar-refractivity contribution is 7.98. The van der Waals surface area contributed by atoms with E-state index in [2.05, 4.69) is 21.9 Å². The van der Waals surface area contributed by atoms with Crippen LogP contribution in [0.5, 0.6) is 0 Å². The lowest BCUT2D eigenvalue weighted by Gasteiger charge is -1.98. The van der Waals surface area contributed by atoms with Gasteiger partial charge in [-0.2, -0.15) is 17.0 Å². The monoisotopic (exact) mass is 224 g/mol. The normalized spacial score (nSPS) is 10.1. The summed E-state index contributed by atoms with van der Waals surface area (Å²) in [5.41, 5.74) is 0. The molecule has 1 aromatic heterocycles. The second-order valence-electron chi connectivity index (χ2n) is 3.46. The van der Waals surface area contributed by atoms with E-state index in [4.69, 9.17) is 5.26 Å². The van der Waals surface area contributed by atoms with Gasteiger partial charge in [0.25, 0.3) is 5.82 Å². The molecular formula is C11H18N3S+. The fourth-order valence-corrected chi connectivity index (χ4v) is 2.02. The SMILES string of the molecule is CSCCCCc1[nH]cc[n+]1CCC#N. The highest BCUT2D eigenvalue weighted by Crippen LogP contribution is 2.02. The third-order valence-corrected chi connectivity index (χ3v) is 3.02. The van der Waals surface area contributed by atoms with Crippen LogP contribution in [0.25, 0.3) is 0 Å². The molecule has 0 bridgehead atoms. The number of unbranched alkanes of at least 4 members (excludes halogenated alkanes) is 1. The number of rotatable bonds is 7. The molecule has 3 nitrogen and oxygen atoms in total. The molecule has 0 amide bonds. The van der Waals surface area contributed by atoms with Crippen molar-refractivity contribution in [2.75, 3.05) is 12.0 Å². The molecule has 0 spiro atoms. The molecule has 1 N–H and O–H groups in total. The Morgan fingerprint density at radius 1 is 1.53 bits per heavy atom. The quantitative estimate of drug-likeness (QED) is 0.568. The van der Waals surface area contributed by atoms with E-state index in [1.54, 1.807) is 0 Å². The molecule has 0 unspecified atom stereocenters. The second kappa shape index (κ2) is 7.36. The molecule has 0 saturated carbocycles. The zero-order chi connectivity index (χ0) is 10.9. The van der Waals surface area contributed by atoms with Gasteiger partial charge in [-0.25, -0.2) is 9.55 Å². The summed E-state index contributed by atoms with van der Waals surface area (Å²) in [5.74, 6) is 2.48. The van der Waals surface area contributed by atoms with Gasteiger partial charge in [-0.3, -0.25) is 0 Å². The predicted molar refractivity (Wildman–Crippen MR) is 62.5 cm³/mol. The Balaban J connectivity index is 2.33. The molecule has 1 aromatic rings. The first kappa shape index (κ1) is 12.1. The summed E-state index contributed by atoms with van der Waals surface area (Å²) in [7, 11) is 0. The van der Waals surface area contributed by atoms with Crippen molar-refractivity contribution in [3.63, 3.8) is 0 Å². The maximum atomic E-state index is 8.53. The molecule has 0 atom stereocenters. The summed E-state index contributed by atoms with van der Waals surface area (Å²) in [6, 6.07) is 2.17. The summed E-state index contributed by atoms with van der Waals surface area (Å²) < 4.78 is 2.14. The van der Waals surface area contributed by atoms with E-state index in [1.165, 1.54) is 24.4 Å². The van der Waals surface area contributed by atoms with Crippen molar-refractivity contribution < 1.29 is 4.57 Å². The highest BCUT2D eigenvalue weighted by atomic mass is 32.2. The third kappa shape index (κ3) is 4.39. The number of hydrogen-bond donors (Lipinski definition) is 1. The lowest BCUT2D eigenvalue weighted by molar-refractivity contribution is -0.701. The van der Waals surface area contributed by atoms with Gasteiger partial charge >= 0.3 is 0 Å². The molecule has 1 rings (SSSR count). The van der Waals surface area contributed by atoms with Crippen LogP contribution in [-0.4, -0.2) is 17.0 Å². The van der Waals surface area contributed by atoms with Crippen LogP contribution in [0.3, 0.4) is 0 Å². The number of nitrogens with one attached hydrogen (secondary N) is 1. The van der Waals surface area contributed by atoms with Crippen molar-refractivity contribution in [2.45, 2.75) is 32.2 Å². The molecule has 0 aliphatic carbocycles. The van der Waals surface area contributed by atoms with E-state index < -0.39 is 0 Å². The van der Waals surface area contributed by atoms with Gasteiger partial charge in [0.15, 0.2) is 0 Å². The maximum absolute atomic E-state index is 8.53. The summed E-state index contributed by atoms with van der Waals surface area (Å²) in [5, 5.41) is 8.53. The molecule has 0 radical (unpaired) electrons. The minimum Gasteiger partial charge on any atom is -0.248 e. The molecule has 0 saturated heterocycles. The molecule has 4 heteroatoms. The van der Waals surface area contributed by atoms with E-state index in [9.17, 15) is 0 Å². The predicted octanol–water partition coefficient (Wildman–Crippen LogP) is 1.90. The largest absolute Gasteiger partial charge is 0.254 e. The molecule has 15 heavy (non-hydrogen) atoms. The number of imidazole rings is 1. The van der Waals surface area contributed by atoms with E-state index in [1.807, 2.05) is 24.2 Å². The Labute approximate surface area is 95.5 Å². The van der Waals surface area contributed by atoms with Gasteiger partial charge in [0, 0.05) is 6.42 Å². The number of thioether (sulfide) groups is 1. The zero-order valence-electron chi connectivity index (χ0n) is 9.20. The van der Waals surface area contributed by atoms with E-state index in [0.29, 0.717) is 6.42 Å². The Kier molecular flexibility index (Phi) is 5.94. The van der Waals surface area contributed by atoms with Crippen LogP contribution in [-0.2, 0) is 13.0 Å². The van der Waals surface area contributed by atoms with Gasteiger partial charge in [0.2, 0.25) is 0 Å². The van der Waals surface area contributed by atoms with E-state index >= 15 is 0 Å². The molecule has 82 valence electrons. The van der Waals surface area contributed by atoms with Gasteiger partial charge in [-0.05, 0) is 24.9 Å². The van der Waals surface area contributed by atoms with Gasteiger partial charge < -0.3 is 0 Å². The number of nitrogens with zero attached hydrogens (tertiary/aromatic N) is 2. The summed E-state index contributed by atoms with van der Waals surface area (Å²) in [4.78, 5) is 3.24. The van der Waals surface area contributed by atoms with Crippen LogP contribution < -0.4 is 4.57 Å². The van der Waals surface area contributed by atoms with Crippen LogP contribution >= 0.6 is 11.8 Å². The van der Waals surface area contributed by atoms with Crippen molar-refractivity contribution >= 4 is 11.8 Å². The Bertz CT molecular complexity index is 314. The average Bonchev–Trinajstić information content (AvgIpc) is 2.69. The second-order valence-corrected chi connectivity index (χ2v) is 4.44. The molecule has 0 fully saturated rings. The van der Waals surface area contributed by atoms with Gasteiger partial charge in [-0.15, -0.1) is 0 Å². The van der Waals surface area contributed by atoms with Crippen molar-refractivity contribution in [3.05, 3.63) is 18.2 Å². The molecule has 1 heterocycles. The lowest BCUT2D eigenvalue weighted by atomic mass is 10.2. The molecular weight excluding hydrogens is 206 g/mol. The van der Waals surface area contributed by atoms with Crippen molar-refractivity contribution in [1.82, 2.24) is 4.98 Å². The number of aromatic nitrogens is 2. The van der Waals surface area contributed by atoms with E-state index in [-0.39, 0.29) is 0 Å². The van der Waals surface area contributed by atoms with E-state index in [0.717, 1.165) is 13.0 Å². The Morgan fingerprint density at radius 3 is 3.13 bits per heavy atom. The lowest BCUT2D eigenvalue weighted by Crippen LogP contribution is -2.35. The summed E-state index contributed by atoms with van der Waals surface area (Å²) in [6.07, 6.45) is 10.2. The number of aromatic amines is 1. The molecule has 0 aromatic carbocycles. The number of aryl methyl sites for hydroxylation is 2. The van der Waals surface area contributed by atoms with Crippen LogP contribution in [0, 0.1) is 11.3 Å². The fourth-order valence-electron chi connectivity index (χ4n) is 1.53. The Morgan fingerprint density at radius 2 is 2.40 bits per heavy atom. The summed E-state index contributed by atoms with van der Waals surface area (Å²) in [6.45, 7) is 0.803. The first-order valence-corrected chi connectivity index (χ1v) is 6.69. The topological polar surface area (TPSA) is 43.5 Å². The van der Waals surface area contributed by atoms with Gasteiger partial charge in [0.05, 0.1) is 12.5 Å². The van der Waals surface area contributed by atoms with Gasteiger partial charge in [0.1, 0.15) is 18.9 Å². The standard InChI is InChI=1S/C11H17N3S/c1-15-10-3-2-5-11-13-7-9-14(11)8-4-6-12/h7,9H,2-5,8,10H2,1H3/p+1. The smallest absolute Gasteiger partial charge is 0.248 e. The van der Waals surface area contributed by atoms with Crippen LogP contribution in [0.1, 0.15) is 25.1 Å². The van der Waals surface area contributed by atoms with Crippen molar-refractivity contribution in [2.24, 2.45) is 0 Å². The van der Waals surface area contributed by atoms with Crippen molar-refractivity contribution in [1.29, 1.82) is 5.26 Å². The van der Waals surface area contributed by atoms with Gasteiger partial charge in [-0.1, -0.05) is 0 Å². The number of hydrogen-bond acceptors (Lipinski definition) is 2. The third-order valence-electron chi connectivity index (χ3n) is 2.33. The number of H-pyrrole nitrogens is 1. The maximum Gasteiger partial charge on any atom is 0.254 e. The molecule has 0 aliphatic rings. The summed E-state index contributed by atoms with van der Waals surface area (Å²) >= 11 is 1.90. The molecule has 0 aliphatic heterocycles. The average molecular weight is 224 g/mol. The minimum absolute atomic E-state index is 0.584. The van der Waals surface area contributed by atoms with Crippen LogP contribution in [0.15, 0.2) is 12.4 Å². The fraction of sp³-hybridized carbons (Fsp3) is 0.636. The highest BCUT2D eigenvalue weighted by Gasteiger charge is 2.08. The first-order valence-electron chi connectivity index (χ1n) is 5.30. The van der Waals surface area contributed by atoms with Crippen LogP contribution in [0.4, 0.5) is 0 Å². The number of nitriles is 1. The first-order chi connectivity index (χ1) is 7.38. The van der Waals surface area contributed by atoms with Crippen molar-refractivity contribution in [3.8, 4) is 6.07 Å². The zero-order valence-corrected chi connectivity index (χ0v) is 10.0. The Hall–Kier alpha value is -0.950. The minimum atomic E-state index is 0.584. The van der Waals surface area contributed by atoms with Crippen LogP contribution in [0.2, 0.25) is 0 Å².